The van der Waals surface area contributed by atoms with E-state index in [-0.39, 0.29) is 11.9 Å². The van der Waals surface area contributed by atoms with Crippen LogP contribution in [-0.2, 0) is 6.42 Å². The highest BCUT2D eigenvalue weighted by Crippen LogP contribution is 2.36. The van der Waals surface area contributed by atoms with E-state index in [2.05, 4.69) is 48.3 Å². The monoisotopic (exact) mass is 419 g/mol. The lowest BCUT2D eigenvalue weighted by atomic mass is 9.97. The zero-order valence-electron chi connectivity index (χ0n) is 17.8. The zero-order valence-corrected chi connectivity index (χ0v) is 18.6. The van der Waals surface area contributed by atoms with Crippen molar-refractivity contribution in [3.63, 3.8) is 0 Å². The van der Waals surface area contributed by atoms with Gasteiger partial charge < -0.3 is 10.2 Å². The van der Waals surface area contributed by atoms with Crippen molar-refractivity contribution in [3.05, 3.63) is 63.7 Å². The highest BCUT2D eigenvalue weighted by Gasteiger charge is 2.26. The SMILES string of the molecule is CCN1CCC(c2nc3ccc(C(=O)N[C@H]4CCc5ccccc54)c(C)c3s2)CC1. The molecule has 3 aromatic rings. The molecule has 1 aliphatic carbocycles. The second-order valence-electron chi connectivity index (χ2n) is 8.61. The van der Waals surface area contributed by atoms with Crippen molar-refractivity contribution in [2.24, 2.45) is 0 Å². The summed E-state index contributed by atoms with van der Waals surface area (Å²) in [6, 6.07) is 12.5. The molecule has 1 atom stereocenters. The predicted molar refractivity (Wildman–Crippen MR) is 123 cm³/mol. The molecule has 0 spiro atoms. The molecule has 0 unspecified atom stereocenters. The van der Waals surface area contributed by atoms with Crippen molar-refractivity contribution >= 4 is 27.5 Å². The molecule has 5 rings (SSSR count). The summed E-state index contributed by atoms with van der Waals surface area (Å²) >= 11 is 1.79. The summed E-state index contributed by atoms with van der Waals surface area (Å²) in [7, 11) is 0. The van der Waals surface area contributed by atoms with Crippen LogP contribution in [0, 0.1) is 6.92 Å². The summed E-state index contributed by atoms with van der Waals surface area (Å²) in [6.45, 7) is 7.76. The van der Waals surface area contributed by atoms with Gasteiger partial charge in [0, 0.05) is 11.5 Å². The summed E-state index contributed by atoms with van der Waals surface area (Å²) in [5, 5.41) is 4.52. The number of likely N-dealkylation sites (tertiary alicyclic amines) is 1. The smallest absolute Gasteiger partial charge is 0.252 e. The Hall–Kier alpha value is -2.24. The molecule has 30 heavy (non-hydrogen) atoms. The fourth-order valence-corrected chi connectivity index (χ4v) is 6.24. The van der Waals surface area contributed by atoms with Gasteiger partial charge in [0.2, 0.25) is 0 Å². The lowest BCUT2D eigenvalue weighted by Gasteiger charge is -2.29. The number of aromatic nitrogens is 1. The van der Waals surface area contributed by atoms with Gasteiger partial charge in [0.25, 0.3) is 5.91 Å². The van der Waals surface area contributed by atoms with Crippen LogP contribution in [0.3, 0.4) is 0 Å². The molecule has 1 saturated heterocycles. The van der Waals surface area contributed by atoms with Crippen LogP contribution in [0.1, 0.15) is 70.2 Å². The first-order valence-electron chi connectivity index (χ1n) is 11.1. The van der Waals surface area contributed by atoms with Crippen LogP contribution in [0.2, 0.25) is 0 Å². The summed E-state index contributed by atoms with van der Waals surface area (Å²) in [6.07, 6.45) is 4.38. The van der Waals surface area contributed by atoms with Crippen LogP contribution in [0.4, 0.5) is 0 Å². The molecule has 1 fully saturated rings. The van der Waals surface area contributed by atoms with Gasteiger partial charge in [0.15, 0.2) is 0 Å². The molecular formula is C25H29N3OS. The molecule has 2 aromatic carbocycles. The van der Waals surface area contributed by atoms with Crippen molar-refractivity contribution in [1.82, 2.24) is 15.2 Å². The third kappa shape index (κ3) is 3.54. The molecule has 1 aliphatic heterocycles. The Morgan fingerprint density at radius 2 is 1.97 bits per heavy atom. The van der Waals surface area contributed by atoms with Crippen LogP contribution in [0.25, 0.3) is 10.2 Å². The number of rotatable bonds is 4. The molecule has 2 aliphatic rings. The highest BCUT2D eigenvalue weighted by molar-refractivity contribution is 7.18. The molecule has 1 amide bonds. The van der Waals surface area contributed by atoms with E-state index in [1.807, 2.05) is 12.1 Å². The van der Waals surface area contributed by atoms with E-state index in [1.54, 1.807) is 11.3 Å². The number of nitrogens with zero attached hydrogens (tertiary/aromatic N) is 2. The van der Waals surface area contributed by atoms with E-state index in [1.165, 1.54) is 33.7 Å². The minimum Gasteiger partial charge on any atom is -0.345 e. The van der Waals surface area contributed by atoms with Gasteiger partial charge in [-0.25, -0.2) is 4.98 Å². The minimum absolute atomic E-state index is 0.0299. The van der Waals surface area contributed by atoms with Gasteiger partial charge in [-0.1, -0.05) is 31.2 Å². The molecule has 0 bridgehead atoms. The van der Waals surface area contributed by atoms with Crippen LogP contribution >= 0.6 is 11.3 Å². The van der Waals surface area contributed by atoms with Crippen molar-refractivity contribution in [3.8, 4) is 0 Å². The van der Waals surface area contributed by atoms with E-state index in [9.17, 15) is 4.79 Å². The van der Waals surface area contributed by atoms with E-state index >= 15 is 0 Å². The van der Waals surface area contributed by atoms with Gasteiger partial charge >= 0.3 is 0 Å². The first-order chi connectivity index (χ1) is 14.6. The Morgan fingerprint density at radius 3 is 2.77 bits per heavy atom. The number of carbonyl (C=O) groups is 1. The van der Waals surface area contributed by atoms with Crippen molar-refractivity contribution in [2.45, 2.75) is 51.5 Å². The normalized spacial score (nSPS) is 19.9. The Morgan fingerprint density at radius 1 is 1.17 bits per heavy atom. The summed E-state index contributed by atoms with van der Waals surface area (Å²) < 4.78 is 1.17. The number of carbonyl (C=O) groups excluding carboxylic acids is 1. The number of aryl methyl sites for hydroxylation is 2. The zero-order chi connectivity index (χ0) is 20.7. The van der Waals surface area contributed by atoms with Crippen molar-refractivity contribution in [1.29, 1.82) is 0 Å². The lowest BCUT2D eigenvalue weighted by Crippen LogP contribution is -2.32. The third-order valence-electron chi connectivity index (χ3n) is 6.89. The second kappa shape index (κ2) is 8.12. The number of hydrogen-bond donors (Lipinski definition) is 1. The van der Waals surface area contributed by atoms with Crippen LogP contribution in [0.5, 0.6) is 0 Å². The van der Waals surface area contributed by atoms with E-state index in [0.29, 0.717) is 5.92 Å². The summed E-state index contributed by atoms with van der Waals surface area (Å²) in [5.41, 5.74) is 5.50. The number of fused-ring (bicyclic) bond motifs is 2. The molecule has 0 saturated carbocycles. The number of piperidine rings is 1. The number of benzene rings is 2. The molecule has 2 heterocycles. The number of nitrogens with one attached hydrogen (secondary N) is 1. The van der Waals surface area contributed by atoms with Gasteiger partial charge in [-0.3, -0.25) is 4.79 Å². The summed E-state index contributed by atoms with van der Waals surface area (Å²) in [4.78, 5) is 20.6. The molecular weight excluding hydrogens is 390 g/mol. The quantitative estimate of drug-likeness (QED) is 0.630. The molecule has 156 valence electrons. The maximum Gasteiger partial charge on any atom is 0.252 e. The largest absolute Gasteiger partial charge is 0.345 e. The molecule has 1 N–H and O–H groups in total. The fraction of sp³-hybridized carbons (Fsp3) is 0.440. The summed E-state index contributed by atoms with van der Waals surface area (Å²) in [5.74, 6) is 0.583. The maximum atomic E-state index is 13.1. The highest BCUT2D eigenvalue weighted by atomic mass is 32.1. The van der Waals surface area contributed by atoms with Crippen LogP contribution < -0.4 is 5.32 Å². The van der Waals surface area contributed by atoms with E-state index in [4.69, 9.17) is 4.98 Å². The number of thiazole rings is 1. The van der Waals surface area contributed by atoms with Gasteiger partial charge in [0.1, 0.15) is 0 Å². The second-order valence-corrected chi connectivity index (χ2v) is 9.64. The van der Waals surface area contributed by atoms with Gasteiger partial charge in [-0.2, -0.15) is 0 Å². The maximum absolute atomic E-state index is 13.1. The average Bonchev–Trinajstić information content (AvgIpc) is 3.39. The Kier molecular flexibility index (Phi) is 5.34. The van der Waals surface area contributed by atoms with Crippen molar-refractivity contribution < 1.29 is 4.79 Å². The molecule has 4 nitrogen and oxygen atoms in total. The van der Waals surface area contributed by atoms with Crippen LogP contribution in [-0.4, -0.2) is 35.4 Å². The fourth-order valence-electron chi connectivity index (χ4n) is 5.00. The average molecular weight is 420 g/mol. The lowest BCUT2D eigenvalue weighted by molar-refractivity contribution is 0.0936. The molecule has 5 heteroatoms. The Balaban J connectivity index is 1.37. The van der Waals surface area contributed by atoms with Gasteiger partial charge in [0.05, 0.1) is 21.3 Å². The Bertz CT molecular complexity index is 1080. The number of hydrogen-bond acceptors (Lipinski definition) is 4. The molecule has 0 radical (unpaired) electrons. The van der Waals surface area contributed by atoms with Gasteiger partial charge in [-0.15, -0.1) is 11.3 Å². The topological polar surface area (TPSA) is 45.2 Å². The third-order valence-corrected chi connectivity index (χ3v) is 8.24. The molecule has 1 aromatic heterocycles. The minimum atomic E-state index is 0.0299. The first kappa shape index (κ1) is 19.7. The van der Waals surface area contributed by atoms with E-state index in [0.717, 1.165) is 49.1 Å². The standard InChI is InChI=1S/C25H29N3OS/c1-3-28-14-12-18(13-15-28)25-27-22-11-9-19(16(2)23(22)30-25)24(29)26-21-10-8-17-6-4-5-7-20(17)21/h4-7,9,11,18,21H,3,8,10,12-15H2,1-2H3,(H,26,29)/t21-/m0/s1. The van der Waals surface area contributed by atoms with E-state index < -0.39 is 0 Å². The number of amides is 1. The van der Waals surface area contributed by atoms with Crippen LogP contribution in [0.15, 0.2) is 36.4 Å². The predicted octanol–water partition coefficient (Wildman–Crippen LogP) is 5.22. The Labute approximate surface area is 182 Å². The first-order valence-corrected chi connectivity index (χ1v) is 12.0. The van der Waals surface area contributed by atoms with Crippen molar-refractivity contribution in [2.75, 3.05) is 19.6 Å². The van der Waals surface area contributed by atoms with Gasteiger partial charge in [-0.05, 0) is 81.1 Å².